The highest BCUT2D eigenvalue weighted by molar-refractivity contribution is 5.39. The molecule has 1 aromatic rings. The molecule has 0 radical (unpaired) electrons. The smallest absolute Gasteiger partial charge is 0.224 e. The van der Waals surface area contributed by atoms with Gasteiger partial charge < -0.3 is 15.4 Å². The molecule has 0 aliphatic heterocycles. The Morgan fingerprint density at radius 3 is 2.79 bits per heavy atom. The van der Waals surface area contributed by atoms with Gasteiger partial charge in [0.25, 0.3) is 0 Å². The van der Waals surface area contributed by atoms with Crippen LogP contribution >= 0.6 is 0 Å². The van der Waals surface area contributed by atoms with E-state index in [0.29, 0.717) is 12.6 Å². The normalized spacial score (nSPS) is 16.9. The average molecular weight is 264 g/mol. The van der Waals surface area contributed by atoms with Gasteiger partial charge in [0, 0.05) is 25.9 Å². The molecule has 1 aliphatic rings. The van der Waals surface area contributed by atoms with E-state index in [0.717, 1.165) is 18.3 Å². The van der Waals surface area contributed by atoms with E-state index in [4.69, 9.17) is 4.74 Å². The summed E-state index contributed by atoms with van der Waals surface area (Å²) in [5, 5.41) is 6.68. The van der Waals surface area contributed by atoms with Gasteiger partial charge >= 0.3 is 0 Å². The van der Waals surface area contributed by atoms with E-state index in [2.05, 4.69) is 20.6 Å². The highest BCUT2D eigenvalue weighted by Crippen LogP contribution is 2.20. The lowest BCUT2D eigenvalue weighted by Gasteiger charge is -2.16. The Balaban J connectivity index is 1.86. The maximum atomic E-state index is 5.01. The lowest BCUT2D eigenvalue weighted by Crippen LogP contribution is -2.20. The van der Waals surface area contributed by atoms with E-state index < -0.39 is 0 Å². The van der Waals surface area contributed by atoms with Crippen molar-refractivity contribution in [3.05, 3.63) is 12.3 Å². The van der Waals surface area contributed by atoms with Gasteiger partial charge in [0.05, 0.1) is 6.61 Å². The van der Waals surface area contributed by atoms with Crippen molar-refractivity contribution in [3.63, 3.8) is 0 Å². The van der Waals surface area contributed by atoms with Gasteiger partial charge in [0.15, 0.2) is 0 Å². The number of rotatable bonds is 6. The van der Waals surface area contributed by atoms with Gasteiger partial charge in [-0.3, -0.25) is 0 Å². The van der Waals surface area contributed by atoms with Crippen molar-refractivity contribution < 1.29 is 4.74 Å². The number of ether oxygens (including phenoxy) is 1. The fourth-order valence-electron chi connectivity index (χ4n) is 2.41. The van der Waals surface area contributed by atoms with Crippen LogP contribution in [0.5, 0.6) is 0 Å². The molecule has 1 aliphatic carbocycles. The van der Waals surface area contributed by atoms with Gasteiger partial charge in [-0.2, -0.15) is 4.98 Å². The van der Waals surface area contributed by atoms with Crippen LogP contribution in [-0.2, 0) is 4.74 Å². The molecule has 0 atom stereocenters. The minimum Gasteiger partial charge on any atom is -0.383 e. The van der Waals surface area contributed by atoms with Crippen LogP contribution in [0.4, 0.5) is 11.8 Å². The minimum atomic E-state index is 0.525. The lowest BCUT2D eigenvalue weighted by molar-refractivity contribution is 0.210. The second-order valence-electron chi connectivity index (χ2n) is 5.02. The number of nitrogens with one attached hydrogen (secondary N) is 2. The molecular formula is C14H24N4O. The van der Waals surface area contributed by atoms with Crippen molar-refractivity contribution in [1.29, 1.82) is 0 Å². The summed E-state index contributed by atoms with van der Waals surface area (Å²) in [5.74, 6) is 1.58. The lowest BCUT2D eigenvalue weighted by atomic mass is 10.1. The summed E-state index contributed by atoms with van der Waals surface area (Å²) in [4.78, 5) is 8.78. The molecule has 1 aromatic heterocycles. The molecule has 0 bridgehead atoms. The molecule has 1 heterocycles. The molecule has 2 N–H and O–H groups in total. The summed E-state index contributed by atoms with van der Waals surface area (Å²) >= 11 is 0. The Morgan fingerprint density at radius 2 is 2.05 bits per heavy atom. The molecule has 0 amide bonds. The van der Waals surface area contributed by atoms with Gasteiger partial charge in [-0.15, -0.1) is 0 Å². The van der Waals surface area contributed by atoms with Gasteiger partial charge in [0.1, 0.15) is 5.82 Å². The van der Waals surface area contributed by atoms with E-state index in [1.807, 2.05) is 6.07 Å². The first-order valence-electron chi connectivity index (χ1n) is 7.21. The Hall–Kier alpha value is -1.36. The third-order valence-corrected chi connectivity index (χ3v) is 3.46. The summed E-state index contributed by atoms with van der Waals surface area (Å²) in [6.45, 7) is 1.44. The number of anilines is 2. The monoisotopic (exact) mass is 264 g/mol. The number of hydrogen-bond donors (Lipinski definition) is 2. The molecule has 0 spiro atoms. The largest absolute Gasteiger partial charge is 0.383 e. The topological polar surface area (TPSA) is 59.1 Å². The standard InChI is InChI=1S/C14H24N4O/c1-19-11-10-15-13-8-9-16-14(18-13)17-12-6-4-2-3-5-7-12/h8-9,12H,2-7,10-11H2,1H3,(H2,15,16,17,18). The predicted octanol–water partition coefficient (Wildman–Crippen LogP) is 2.67. The molecule has 106 valence electrons. The minimum absolute atomic E-state index is 0.525. The molecular weight excluding hydrogens is 240 g/mol. The zero-order valence-corrected chi connectivity index (χ0v) is 11.7. The van der Waals surface area contributed by atoms with Crippen LogP contribution in [0.2, 0.25) is 0 Å². The number of nitrogens with zero attached hydrogens (tertiary/aromatic N) is 2. The molecule has 5 nitrogen and oxygen atoms in total. The zero-order valence-electron chi connectivity index (χ0n) is 11.7. The van der Waals surface area contributed by atoms with Crippen molar-refractivity contribution in [1.82, 2.24) is 9.97 Å². The van der Waals surface area contributed by atoms with E-state index in [1.54, 1.807) is 13.3 Å². The Bertz CT molecular complexity index is 364. The average Bonchev–Trinajstić information content (AvgIpc) is 2.68. The van der Waals surface area contributed by atoms with Crippen LogP contribution < -0.4 is 10.6 Å². The van der Waals surface area contributed by atoms with Crippen LogP contribution in [0, 0.1) is 0 Å². The van der Waals surface area contributed by atoms with E-state index in [9.17, 15) is 0 Å². The molecule has 5 heteroatoms. The second-order valence-corrected chi connectivity index (χ2v) is 5.02. The summed E-state index contributed by atoms with van der Waals surface area (Å²) < 4.78 is 5.01. The quantitative estimate of drug-likeness (QED) is 0.611. The first kappa shape index (κ1) is 14.1. The third-order valence-electron chi connectivity index (χ3n) is 3.46. The van der Waals surface area contributed by atoms with Gasteiger partial charge in [0.2, 0.25) is 5.95 Å². The second kappa shape index (κ2) is 7.94. The van der Waals surface area contributed by atoms with Crippen LogP contribution in [0.15, 0.2) is 12.3 Å². The predicted molar refractivity (Wildman–Crippen MR) is 77.5 cm³/mol. The molecule has 0 saturated heterocycles. The van der Waals surface area contributed by atoms with Crippen molar-refractivity contribution in [2.45, 2.75) is 44.6 Å². The fraction of sp³-hybridized carbons (Fsp3) is 0.714. The van der Waals surface area contributed by atoms with Crippen LogP contribution in [-0.4, -0.2) is 36.3 Å². The van der Waals surface area contributed by atoms with Crippen molar-refractivity contribution in [3.8, 4) is 0 Å². The van der Waals surface area contributed by atoms with E-state index >= 15 is 0 Å². The van der Waals surface area contributed by atoms with Crippen molar-refractivity contribution in [2.24, 2.45) is 0 Å². The molecule has 0 unspecified atom stereocenters. The molecule has 2 rings (SSSR count). The van der Waals surface area contributed by atoms with Crippen molar-refractivity contribution in [2.75, 3.05) is 30.9 Å². The number of aromatic nitrogens is 2. The van der Waals surface area contributed by atoms with Crippen LogP contribution in [0.3, 0.4) is 0 Å². The fourth-order valence-corrected chi connectivity index (χ4v) is 2.41. The number of methoxy groups -OCH3 is 1. The SMILES string of the molecule is COCCNc1ccnc(NC2CCCCCC2)n1. The Labute approximate surface area is 115 Å². The molecule has 1 fully saturated rings. The van der Waals surface area contributed by atoms with E-state index in [-0.39, 0.29) is 0 Å². The van der Waals surface area contributed by atoms with Crippen molar-refractivity contribution >= 4 is 11.8 Å². The first-order valence-corrected chi connectivity index (χ1v) is 7.21. The van der Waals surface area contributed by atoms with Gasteiger partial charge in [-0.25, -0.2) is 4.98 Å². The molecule has 0 aromatic carbocycles. The molecule has 19 heavy (non-hydrogen) atoms. The summed E-state index contributed by atoms with van der Waals surface area (Å²) in [6.07, 6.45) is 9.58. The molecule has 1 saturated carbocycles. The summed E-state index contributed by atoms with van der Waals surface area (Å²) in [5.41, 5.74) is 0. The highest BCUT2D eigenvalue weighted by Gasteiger charge is 2.12. The van der Waals surface area contributed by atoms with E-state index in [1.165, 1.54) is 38.5 Å². The maximum absolute atomic E-state index is 5.01. The van der Waals surface area contributed by atoms with Crippen LogP contribution in [0.25, 0.3) is 0 Å². The third kappa shape index (κ3) is 5.03. The summed E-state index contributed by atoms with van der Waals surface area (Å²) in [7, 11) is 1.70. The zero-order chi connectivity index (χ0) is 13.3. The summed E-state index contributed by atoms with van der Waals surface area (Å²) in [6, 6.07) is 2.41. The van der Waals surface area contributed by atoms with Crippen LogP contribution in [0.1, 0.15) is 38.5 Å². The Kier molecular flexibility index (Phi) is 5.88. The van der Waals surface area contributed by atoms with Gasteiger partial charge in [-0.05, 0) is 18.9 Å². The Morgan fingerprint density at radius 1 is 1.26 bits per heavy atom. The maximum Gasteiger partial charge on any atom is 0.224 e. The number of hydrogen-bond acceptors (Lipinski definition) is 5. The first-order chi connectivity index (χ1) is 9.38. The highest BCUT2D eigenvalue weighted by atomic mass is 16.5. The van der Waals surface area contributed by atoms with Gasteiger partial charge in [-0.1, -0.05) is 25.7 Å².